The van der Waals surface area contributed by atoms with E-state index in [1.165, 1.54) is 24.3 Å². The Balaban J connectivity index is 2.62. The van der Waals surface area contributed by atoms with E-state index in [1.807, 2.05) is 0 Å². The van der Waals surface area contributed by atoms with E-state index in [4.69, 9.17) is 0 Å². The Kier molecular flexibility index (Phi) is 3.79. The van der Waals surface area contributed by atoms with Crippen molar-refractivity contribution in [3.63, 3.8) is 0 Å². The average molecular weight is 298 g/mol. The van der Waals surface area contributed by atoms with Gasteiger partial charge in [0.2, 0.25) is 0 Å². The second-order valence-electron chi connectivity index (χ2n) is 4.23. The molecule has 5 nitrogen and oxygen atoms in total. The quantitative estimate of drug-likeness (QED) is 0.646. The molecule has 0 N–H and O–H groups in total. The van der Waals surface area contributed by atoms with Crippen LogP contribution in [0.1, 0.15) is 17.3 Å². The molecule has 2 aromatic rings. The van der Waals surface area contributed by atoms with Gasteiger partial charge in [0.15, 0.2) is 0 Å². The standard InChI is InChI=1S/C13H9F3N2O3/c14-13(15,16)10-6-7-11(19)17(8-10)12(18(20)21)9-4-2-1-3-5-9/h1-8,12H. The molecule has 0 bridgehead atoms. The molecule has 0 aliphatic rings. The second-order valence-corrected chi connectivity index (χ2v) is 4.23. The van der Waals surface area contributed by atoms with Crippen LogP contribution in [-0.4, -0.2) is 9.49 Å². The van der Waals surface area contributed by atoms with Crippen molar-refractivity contribution in [1.29, 1.82) is 0 Å². The van der Waals surface area contributed by atoms with Gasteiger partial charge < -0.3 is 0 Å². The van der Waals surface area contributed by atoms with E-state index < -0.39 is 28.4 Å². The van der Waals surface area contributed by atoms with E-state index in [-0.39, 0.29) is 5.56 Å². The topological polar surface area (TPSA) is 65.1 Å². The molecule has 2 rings (SSSR count). The van der Waals surface area contributed by atoms with Crippen LogP contribution in [0.4, 0.5) is 13.2 Å². The number of pyridine rings is 1. The number of rotatable bonds is 3. The summed E-state index contributed by atoms with van der Waals surface area (Å²) in [7, 11) is 0. The number of halogens is 3. The molecule has 0 fully saturated rings. The lowest BCUT2D eigenvalue weighted by molar-refractivity contribution is -0.536. The van der Waals surface area contributed by atoms with Crippen LogP contribution in [0.2, 0.25) is 0 Å². The Hall–Kier alpha value is -2.64. The molecule has 0 spiro atoms. The minimum Gasteiger partial charge on any atom is -0.269 e. The zero-order chi connectivity index (χ0) is 15.6. The number of hydrogen-bond donors (Lipinski definition) is 0. The highest BCUT2D eigenvalue weighted by molar-refractivity contribution is 5.20. The fourth-order valence-corrected chi connectivity index (χ4v) is 1.87. The van der Waals surface area contributed by atoms with Gasteiger partial charge in [-0.3, -0.25) is 14.9 Å². The first-order chi connectivity index (χ1) is 9.80. The lowest BCUT2D eigenvalue weighted by atomic mass is 10.1. The van der Waals surface area contributed by atoms with Crippen molar-refractivity contribution in [1.82, 2.24) is 4.57 Å². The van der Waals surface area contributed by atoms with Gasteiger partial charge in [0.05, 0.1) is 10.5 Å². The van der Waals surface area contributed by atoms with Gasteiger partial charge in [-0.25, -0.2) is 4.57 Å². The summed E-state index contributed by atoms with van der Waals surface area (Å²) >= 11 is 0. The van der Waals surface area contributed by atoms with Crippen LogP contribution in [0.25, 0.3) is 0 Å². The minimum absolute atomic E-state index is 0.115. The minimum atomic E-state index is -4.69. The van der Waals surface area contributed by atoms with E-state index in [2.05, 4.69) is 0 Å². The maximum absolute atomic E-state index is 12.7. The number of alkyl halides is 3. The SMILES string of the molecule is O=c1ccc(C(F)(F)F)cn1C(c1ccccc1)[N+](=O)[O-]. The molecule has 8 heteroatoms. The molecular weight excluding hydrogens is 289 g/mol. The number of benzene rings is 1. The number of nitro groups is 1. The van der Waals surface area contributed by atoms with Crippen molar-refractivity contribution in [2.24, 2.45) is 0 Å². The van der Waals surface area contributed by atoms with Crippen LogP contribution in [-0.2, 0) is 6.18 Å². The van der Waals surface area contributed by atoms with E-state index in [9.17, 15) is 28.1 Å². The average Bonchev–Trinajstić information content (AvgIpc) is 2.40. The normalized spacial score (nSPS) is 12.9. The Morgan fingerprint density at radius 3 is 2.24 bits per heavy atom. The summed E-state index contributed by atoms with van der Waals surface area (Å²) in [6, 6.07) is 8.63. The summed E-state index contributed by atoms with van der Waals surface area (Å²) in [6.07, 6.45) is -5.93. The molecule has 1 heterocycles. The summed E-state index contributed by atoms with van der Waals surface area (Å²) in [5, 5.41) is 11.2. The fourth-order valence-electron chi connectivity index (χ4n) is 1.87. The molecule has 0 aliphatic heterocycles. The zero-order valence-electron chi connectivity index (χ0n) is 10.4. The maximum atomic E-state index is 12.7. The molecule has 0 saturated heterocycles. The lowest BCUT2D eigenvalue weighted by Gasteiger charge is -2.14. The third kappa shape index (κ3) is 3.10. The summed E-state index contributed by atoms with van der Waals surface area (Å²) in [5.74, 6) is 0. The third-order valence-corrected chi connectivity index (χ3v) is 2.83. The molecule has 0 amide bonds. The second kappa shape index (κ2) is 5.39. The number of aromatic nitrogens is 1. The fraction of sp³-hybridized carbons (Fsp3) is 0.154. The zero-order valence-corrected chi connectivity index (χ0v) is 10.4. The molecule has 1 unspecified atom stereocenters. The van der Waals surface area contributed by atoms with Gasteiger partial charge in [0.25, 0.3) is 5.56 Å². The summed E-state index contributed by atoms with van der Waals surface area (Å²) in [5.41, 5.74) is -1.89. The predicted octanol–water partition coefficient (Wildman–Crippen LogP) is 2.69. The Morgan fingerprint density at radius 1 is 1.10 bits per heavy atom. The maximum Gasteiger partial charge on any atom is 0.417 e. The highest BCUT2D eigenvalue weighted by Crippen LogP contribution is 2.29. The molecule has 1 aromatic heterocycles. The van der Waals surface area contributed by atoms with Crippen molar-refractivity contribution in [2.45, 2.75) is 12.3 Å². The van der Waals surface area contributed by atoms with Crippen molar-refractivity contribution in [3.8, 4) is 0 Å². The van der Waals surface area contributed by atoms with Crippen molar-refractivity contribution in [3.05, 3.63) is 80.3 Å². The monoisotopic (exact) mass is 298 g/mol. The van der Waals surface area contributed by atoms with Gasteiger partial charge in [-0.1, -0.05) is 30.3 Å². The molecule has 0 radical (unpaired) electrons. The molecule has 1 atom stereocenters. The first kappa shape index (κ1) is 14.8. The highest BCUT2D eigenvalue weighted by atomic mass is 19.4. The van der Waals surface area contributed by atoms with Crippen molar-refractivity contribution in [2.75, 3.05) is 0 Å². The van der Waals surface area contributed by atoms with Crippen molar-refractivity contribution < 1.29 is 18.1 Å². The molecular formula is C13H9F3N2O3. The third-order valence-electron chi connectivity index (χ3n) is 2.83. The first-order valence-electron chi connectivity index (χ1n) is 5.78. The molecule has 0 saturated carbocycles. The van der Waals surface area contributed by atoms with Gasteiger partial charge in [0, 0.05) is 17.8 Å². The van der Waals surface area contributed by atoms with E-state index in [1.54, 1.807) is 6.07 Å². The molecule has 1 aromatic carbocycles. The summed E-state index contributed by atoms with van der Waals surface area (Å²) in [6.45, 7) is 0. The molecule has 110 valence electrons. The number of nitrogens with zero attached hydrogens (tertiary/aromatic N) is 2. The number of hydrogen-bond acceptors (Lipinski definition) is 3. The van der Waals surface area contributed by atoms with Gasteiger partial charge in [0.1, 0.15) is 0 Å². The van der Waals surface area contributed by atoms with Crippen LogP contribution in [0.5, 0.6) is 0 Å². The van der Waals surface area contributed by atoms with Crippen LogP contribution in [0, 0.1) is 10.1 Å². The summed E-state index contributed by atoms with van der Waals surface area (Å²) in [4.78, 5) is 22.1. The smallest absolute Gasteiger partial charge is 0.269 e. The van der Waals surface area contributed by atoms with Gasteiger partial charge >= 0.3 is 12.3 Å². The molecule has 21 heavy (non-hydrogen) atoms. The van der Waals surface area contributed by atoms with Crippen LogP contribution in [0.15, 0.2) is 53.5 Å². The molecule has 0 aliphatic carbocycles. The van der Waals surface area contributed by atoms with Gasteiger partial charge in [-0.05, 0) is 6.07 Å². The lowest BCUT2D eigenvalue weighted by Crippen LogP contribution is -2.30. The highest BCUT2D eigenvalue weighted by Gasteiger charge is 2.33. The Bertz CT molecular complexity index is 711. The van der Waals surface area contributed by atoms with Crippen LogP contribution in [0.3, 0.4) is 0 Å². The van der Waals surface area contributed by atoms with Crippen LogP contribution >= 0.6 is 0 Å². The van der Waals surface area contributed by atoms with E-state index in [0.717, 1.165) is 0 Å². The van der Waals surface area contributed by atoms with E-state index >= 15 is 0 Å². The van der Waals surface area contributed by atoms with Gasteiger partial charge in [-0.2, -0.15) is 13.2 Å². The Labute approximate surface area is 116 Å². The van der Waals surface area contributed by atoms with Crippen molar-refractivity contribution >= 4 is 0 Å². The van der Waals surface area contributed by atoms with E-state index in [0.29, 0.717) is 22.9 Å². The largest absolute Gasteiger partial charge is 0.417 e. The summed E-state index contributed by atoms with van der Waals surface area (Å²) < 4.78 is 38.5. The van der Waals surface area contributed by atoms with Gasteiger partial charge in [-0.15, -0.1) is 0 Å². The van der Waals surface area contributed by atoms with Crippen LogP contribution < -0.4 is 5.56 Å². The predicted molar refractivity (Wildman–Crippen MR) is 67.3 cm³/mol. The Morgan fingerprint density at radius 2 is 1.71 bits per heavy atom. The first-order valence-corrected chi connectivity index (χ1v) is 5.78.